The van der Waals surface area contributed by atoms with E-state index in [-0.39, 0.29) is 23.9 Å². The number of aromatic nitrogens is 7. The summed E-state index contributed by atoms with van der Waals surface area (Å²) in [7, 11) is 0. The van der Waals surface area contributed by atoms with Crippen molar-refractivity contribution in [2.45, 2.75) is 62.4 Å². The molecule has 1 amide bonds. The second-order valence-corrected chi connectivity index (χ2v) is 9.96. The number of rotatable bonds is 3. The van der Waals surface area contributed by atoms with Gasteiger partial charge in [0.15, 0.2) is 5.65 Å². The van der Waals surface area contributed by atoms with Gasteiger partial charge in [-0.15, -0.1) is 10.2 Å². The fourth-order valence-electron chi connectivity index (χ4n) is 5.98. The number of pyridine rings is 1. The average Bonchev–Trinajstić information content (AvgIpc) is 3.30. The molecule has 3 atom stereocenters. The van der Waals surface area contributed by atoms with E-state index in [0.29, 0.717) is 23.2 Å². The zero-order valence-corrected chi connectivity index (χ0v) is 19.6. The van der Waals surface area contributed by atoms with E-state index in [0.717, 1.165) is 60.9 Å². The summed E-state index contributed by atoms with van der Waals surface area (Å²) in [6, 6.07) is 4.11. The lowest BCUT2D eigenvalue weighted by Crippen LogP contribution is -2.46. The van der Waals surface area contributed by atoms with E-state index < -0.39 is 0 Å². The highest BCUT2D eigenvalue weighted by Crippen LogP contribution is 2.50. The van der Waals surface area contributed by atoms with Crippen molar-refractivity contribution in [1.29, 1.82) is 0 Å². The smallest absolute Gasteiger partial charge is 0.292 e. The molecular formula is C26H25N9O. The van der Waals surface area contributed by atoms with Crippen LogP contribution in [0.25, 0.3) is 5.65 Å². The first-order chi connectivity index (χ1) is 17.7. The molecule has 2 aliphatic heterocycles. The molecule has 36 heavy (non-hydrogen) atoms. The van der Waals surface area contributed by atoms with Gasteiger partial charge in [0.1, 0.15) is 12.1 Å². The van der Waals surface area contributed by atoms with Crippen molar-refractivity contribution in [2.75, 3.05) is 5.73 Å². The number of nitrogens with one attached hydrogen (secondary N) is 1. The second kappa shape index (κ2) is 8.16. The number of carbonyl (C=O) groups excluding carboxylic acids is 1. The van der Waals surface area contributed by atoms with Gasteiger partial charge in [-0.2, -0.15) is 9.61 Å². The Morgan fingerprint density at radius 3 is 2.61 bits per heavy atom. The molecule has 4 aromatic rings. The number of aromatic amines is 1. The van der Waals surface area contributed by atoms with Gasteiger partial charge in [-0.05, 0) is 56.6 Å². The highest BCUT2D eigenvalue weighted by Gasteiger charge is 2.46. The minimum atomic E-state index is -0.0625. The molecule has 10 heteroatoms. The Morgan fingerprint density at radius 2 is 1.92 bits per heavy atom. The molecule has 4 aromatic heterocycles. The Labute approximate surface area is 207 Å². The summed E-state index contributed by atoms with van der Waals surface area (Å²) < 4.78 is 1.74. The second-order valence-electron chi connectivity index (χ2n) is 9.96. The van der Waals surface area contributed by atoms with Gasteiger partial charge in [0, 0.05) is 41.5 Å². The Kier molecular flexibility index (Phi) is 4.77. The maximum Gasteiger partial charge on any atom is 0.292 e. The lowest BCUT2D eigenvalue weighted by atomic mass is 9.85. The summed E-state index contributed by atoms with van der Waals surface area (Å²) in [5.74, 6) is 7.95. The molecule has 6 heterocycles. The van der Waals surface area contributed by atoms with Crippen LogP contribution in [0, 0.1) is 11.8 Å². The number of anilines is 1. The van der Waals surface area contributed by atoms with Gasteiger partial charge in [-0.1, -0.05) is 11.8 Å². The zero-order chi connectivity index (χ0) is 24.2. The number of amides is 1. The van der Waals surface area contributed by atoms with Crippen LogP contribution in [0.1, 0.15) is 83.4 Å². The summed E-state index contributed by atoms with van der Waals surface area (Å²) in [4.78, 5) is 27.3. The molecule has 180 valence electrons. The number of hydrogen-bond donors (Lipinski definition) is 2. The molecule has 0 radical (unpaired) electrons. The van der Waals surface area contributed by atoms with Crippen LogP contribution in [0.2, 0.25) is 0 Å². The Morgan fingerprint density at radius 1 is 1.08 bits per heavy atom. The first kappa shape index (κ1) is 21.1. The maximum absolute atomic E-state index is 13.1. The van der Waals surface area contributed by atoms with Crippen LogP contribution in [0.3, 0.4) is 0 Å². The van der Waals surface area contributed by atoms with Crippen LogP contribution in [-0.2, 0) is 0 Å². The topological polar surface area (TPSA) is 131 Å². The molecule has 0 spiro atoms. The van der Waals surface area contributed by atoms with Crippen molar-refractivity contribution in [2.24, 2.45) is 0 Å². The molecule has 1 aliphatic carbocycles. The summed E-state index contributed by atoms with van der Waals surface area (Å²) in [5, 5.41) is 12.3. The number of nitrogen functional groups attached to an aromatic ring is 1. The van der Waals surface area contributed by atoms with Gasteiger partial charge in [-0.25, -0.2) is 4.98 Å². The molecule has 3 N–H and O–H groups in total. The average molecular weight is 480 g/mol. The van der Waals surface area contributed by atoms with Gasteiger partial charge in [0.25, 0.3) is 5.91 Å². The SMILES string of the molecule is Nc1c(C2CC2)c([C@H]2C[C@H]3CC[C@@H](C2)N3C(=O)c2nnc[nH]2)nc2c(C#Cc3cccnc3)cnn12. The minimum absolute atomic E-state index is 0.0625. The van der Waals surface area contributed by atoms with Gasteiger partial charge < -0.3 is 15.6 Å². The highest BCUT2D eigenvalue weighted by molar-refractivity contribution is 5.91. The van der Waals surface area contributed by atoms with Gasteiger partial charge in [0.05, 0.1) is 17.5 Å². The third-order valence-corrected chi connectivity index (χ3v) is 7.71. The molecule has 0 aromatic carbocycles. The Balaban J connectivity index is 1.26. The number of fused-ring (bicyclic) bond motifs is 3. The number of piperidine rings is 1. The molecule has 3 aliphatic rings. The van der Waals surface area contributed by atoms with Crippen molar-refractivity contribution in [3.63, 3.8) is 0 Å². The fraction of sp³-hybridized carbons (Fsp3) is 0.385. The van der Waals surface area contributed by atoms with Crippen LogP contribution < -0.4 is 5.73 Å². The van der Waals surface area contributed by atoms with Gasteiger partial charge in [0.2, 0.25) is 5.82 Å². The summed E-state index contributed by atoms with van der Waals surface area (Å²) in [5.41, 5.74) is 11.2. The lowest BCUT2D eigenvalue weighted by Gasteiger charge is -2.39. The van der Waals surface area contributed by atoms with E-state index in [1.54, 1.807) is 23.1 Å². The van der Waals surface area contributed by atoms with Crippen molar-refractivity contribution >= 4 is 17.4 Å². The van der Waals surface area contributed by atoms with E-state index in [1.807, 2.05) is 17.0 Å². The monoisotopic (exact) mass is 479 g/mol. The molecular weight excluding hydrogens is 454 g/mol. The standard InChI is InChI=1S/C26H25N9O/c27-23-21(16-5-6-16)22(32-25-17(13-31-35(23)25)4-3-15-2-1-9-28-12-15)18-10-19-7-8-20(11-18)34(19)26(36)24-29-14-30-33-24/h1-2,9,12-14,16,18-20H,5-8,10-11,27H2,(H,29,30,33)/t18-,19+,20-. The first-order valence-corrected chi connectivity index (χ1v) is 12.4. The molecule has 0 unspecified atom stereocenters. The van der Waals surface area contributed by atoms with E-state index in [1.165, 1.54) is 6.33 Å². The van der Waals surface area contributed by atoms with Crippen molar-refractivity contribution < 1.29 is 4.79 Å². The van der Waals surface area contributed by atoms with E-state index >= 15 is 0 Å². The van der Waals surface area contributed by atoms with E-state index in [2.05, 4.69) is 37.1 Å². The Hall–Kier alpha value is -4.26. The van der Waals surface area contributed by atoms with Crippen molar-refractivity contribution in [3.05, 3.63) is 65.3 Å². The first-order valence-electron chi connectivity index (χ1n) is 12.4. The number of H-pyrrole nitrogens is 1. The van der Waals surface area contributed by atoms with E-state index in [9.17, 15) is 4.79 Å². The number of nitrogens with two attached hydrogens (primary N) is 1. The highest BCUT2D eigenvalue weighted by atomic mass is 16.2. The molecule has 1 saturated carbocycles. The van der Waals surface area contributed by atoms with Gasteiger partial charge in [-0.3, -0.25) is 9.78 Å². The maximum atomic E-state index is 13.1. The third kappa shape index (κ3) is 3.42. The van der Waals surface area contributed by atoms with Crippen LogP contribution in [0.5, 0.6) is 0 Å². The fourth-order valence-corrected chi connectivity index (χ4v) is 5.98. The lowest BCUT2D eigenvalue weighted by molar-refractivity contribution is 0.0557. The largest absolute Gasteiger partial charge is 0.383 e. The minimum Gasteiger partial charge on any atom is -0.383 e. The van der Waals surface area contributed by atoms with Crippen LogP contribution in [0.4, 0.5) is 5.82 Å². The van der Waals surface area contributed by atoms with Crippen LogP contribution in [-0.4, -0.2) is 57.7 Å². The van der Waals surface area contributed by atoms with E-state index in [4.69, 9.17) is 10.7 Å². The van der Waals surface area contributed by atoms with Crippen molar-refractivity contribution in [3.8, 4) is 11.8 Å². The summed E-state index contributed by atoms with van der Waals surface area (Å²) >= 11 is 0. The quantitative estimate of drug-likeness (QED) is 0.432. The molecule has 2 bridgehead atoms. The summed E-state index contributed by atoms with van der Waals surface area (Å²) in [6.45, 7) is 0. The zero-order valence-electron chi connectivity index (χ0n) is 19.6. The Bertz CT molecular complexity index is 1500. The van der Waals surface area contributed by atoms with Crippen LogP contribution in [0.15, 0.2) is 37.1 Å². The van der Waals surface area contributed by atoms with Crippen LogP contribution >= 0.6 is 0 Å². The molecule has 7 rings (SSSR count). The molecule has 10 nitrogen and oxygen atoms in total. The molecule has 3 fully saturated rings. The number of carbonyl (C=O) groups is 1. The number of hydrogen-bond acceptors (Lipinski definition) is 7. The van der Waals surface area contributed by atoms with Crippen molar-refractivity contribution in [1.82, 2.24) is 39.7 Å². The number of nitrogens with zero attached hydrogens (tertiary/aromatic N) is 7. The predicted octanol–water partition coefficient (Wildman–Crippen LogP) is 2.65. The third-order valence-electron chi connectivity index (χ3n) is 7.71. The van der Waals surface area contributed by atoms with Gasteiger partial charge >= 0.3 is 0 Å². The summed E-state index contributed by atoms with van der Waals surface area (Å²) in [6.07, 6.45) is 12.6. The predicted molar refractivity (Wildman–Crippen MR) is 131 cm³/mol. The normalized spacial score (nSPS) is 23.0. The molecule has 2 saturated heterocycles.